The molecule has 1 aromatic heterocycles. The minimum Gasteiger partial charge on any atom is -0.494 e. The maximum absolute atomic E-state index is 13.4. The van der Waals surface area contributed by atoms with Crippen molar-refractivity contribution in [2.24, 2.45) is 0 Å². The lowest BCUT2D eigenvalue weighted by Crippen LogP contribution is -1.93. The SMILES string of the molecule is COc1ccc(-n2cnc(C)c2)cc1F. The van der Waals surface area contributed by atoms with Gasteiger partial charge in [0.25, 0.3) is 0 Å². The number of benzene rings is 1. The molecule has 0 aliphatic carbocycles. The highest BCUT2D eigenvalue weighted by molar-refractivity contribution is 5.38. The molecule has 78 valence electrons. The van der Waals surface area contributed by atoms with Gasteiger partial charge in [0.05, 0.1) is 19.1 Å². The number of hydrogen-bond donors (Lipinski definition) is 0. The summed E-state index contributed by atoms with van der Waals surface area (Å²) in [4.78, 5) is 4.07. The number of ether oxygens (including phenoxy) is 1. The lowest BCUT2D eigenvalue weighted by Gasteiger charge is -2.05. The van der Waals surface area contributed by atoms with E-state index in [9.17, 15) is 4.39 Å². The lowest BCUT2D eigenvalue weighted by molar-refractivity contribution is 0.386. The first-order valence-corrected chi connectivity index (χ1v) is 4.55. The zero-order valence-corrected chi connectivity index (χ0v) is 8.57. The Morgan fingerprint density at radius 1 is 1.40 bits per heavy atom. The van der Waals surface area contributed by atoms with Gasteiger partial charge >= 0.3 is 0 Å². The Hall–Kier alpha value is -1.84. The summed E-state index contributed by atoms with van der Waals surface area (Å²) in [5, 5.41) is 0. The van der Waals surface area contributed by atoms with Crippen LogP contribution in [-0.4, -0.2) is 16.7 Å². The van der Waals surface area contributed by atoms with E-state index < -0.39 is 0 Å². The van der Waals surface area contributed by atoms with Crippen LogP contribution < -0.4 is 4.74 Å². The molecule has 0 N–H and O–H groups in total. The Balaban J connectivity index is 2.42. The highest BCUT2D eigenvalue weighted by Gasteiger charge is 2.04. The molecule has 0 fully saturated rings. The number of rotatable bonds is 2. The lowest BCUT2D eigenvalue weighted by atomic mass is 10.3. The van der Waals surface area contributed by atoms with Crippen molar-refractivity contribution in [1.29, 1.82) is 0 Å². The summed E-state index contributed by atoms with van der Waals surface area (Å²) in [5.74, 6) is -0.128. The monoisotopic (exact) mass is 206 g/mol. The molecule has 0 saturated heterocycles. The van der Waals surface area contributed by atoms with Crippen molar-refractivity contribution in [3.63, 3.8) is 0 Å². The second kappa shape index (κ2) is 3.73. The van der Waals surface area contributed by atoms with E-state index in [0.29, 0.717) is 0 Å². The molecule has 0 amide bonds. The topological polar surface area (TPSA) is 27.1 Å². The maximum atomic E-state index is 13.4. The van der Waals surface area contributed by atoms with E-state index in [1.54, 1.807) is 23.0 Å². The molecule has 0 bridgehead atoms. The molecule has 2 aromatic rings. The van der Waals surface area contributed by atoms with Crippen LogP contribution in [0.4, 0.5) is 4.39 Å². The molecule has 0 unspecified atom stereocenters. The number of aromatic nitrogens is 2. The van der Waals surface area contributed by atoms with E-state index in [1.807, 2.05) is 13.1 Å². The molecule has 0 aliphatic heterocycles. The van der Waals surface area contributed by atoms with Gasteiger partial charge in [-0.25, -0.2) is 9.37 Å². The molecule has 0 aliphatic rings. The van der Waals surface area contributed by atoms with Crippen molar-refractivity contribution >= 4 is 0 Å². The molecule has 15 heavy (non-hydrogen) atoms. The van der Waals surface area contributed by atoms with Gasteiger partial charge in [-0.3, -0.25) is 0 Å². The number of nitrogens with zero attached hydrogens (tertiary/aromatic N) is 2. The van der Waals surface area contributed by atoms with Crippen LogP contribution in [0.3, 0.4) is 0 Å². The summed E-state index contributed by atoms with van der Waals surface area (Å²) < 4.78 is 20.0. The van der Waals surface area contributed by atoms with Crippen molar-refractivity contribution in [2.45, 2.75) is 6.92 Å². The Labute approximate surface area is 87.1 Å². The zero-order valence-electron chi connectivity index (χ0n) is 8.57. The highest BCUT2D eigenvalue weighted by atomic mass is 19.1. The molecule has 1 heterocycles. The third-order valence-corrected chi connectivity index (χ3v) is 2.15. The predicted molar refractivity (Wildman–Crippen MR) is 54.8 cm³/mol. The molecule has 0 spiro atoms. The summed E-state index contributed by atoms with van der Waals surface area (Å²) in [5.41, 5.74) is 1.63. The quantitative estimate of drug-likeness (QED) is 0.754. The van der Waals surface area contributed by atoms with Gasteiger partial charge in [-0.2, -0.15) is 0 Å². The van der Waals surface area contributed by atoms with Gasteiger partial charge in [-0.1, -0.05) is 0 Å². The molecule has 0 radical (unpaired) electrons. The van der Waals surface area contributed by atoms with E-state index in [2.05, 4.69) is 4.98 Å². The predicted octanol–water partition coefficient (Wildman–Crippen LogP) is 2.33. The van der Waals surface area contributed by atoms with Crippen molar-refractivity contribution in [2.75, 3.05) is 7.11 Å². The molecule has 0 atom stereocenters. The summed E-state index contributed by atoms with van der Waals surface area (Å²) >= 11 is 0. The largest absolute Gasteiger partial charge is 0.494 e. The number of imidazole rings is 1. The smallest absolute Gasteiger partial charge is 0.167 e. The number of halogens is 1. The van der Waals surface area contributed by atoms with Crippen molar-refractivity contribution in [3.05, 3.63) is 42.2 Å². The Morgan fingerprint density at radius 3 is 2.73 bits per heavy atom. The van der Waals surface area contributed by atoms with Gasteiger partial charge in [0.1, 0.15) is 0 Å². The van der Waals surface area contributed by atoms with Crippen molar-refractivity contribution in [3.8, 4) is 11.4 Å². The average molecular weight is 206 g/mol. The standard InChI is InChI=1S/C11H11FN2O/c1-8-6-14(7-13-8)9-3-4-11(15-2)10(12)5-9/h3-7H,1-2H3. The summed E-state index contributed by atoms with van der Waals surface area (Å²) in [7, 11) is 1.44. The van der Waals surface area contributed by atoms with Crippen molar-refractivity contribution in [1.82, 2.24) is 9.55 Å². The third-order valence-electron chi connectivity index (χ3n) is 2.15. The second-order valence-electron chi connectivity index (χ2n) is 3.24. The number of aryl methyl sites for hydroxylation is 1. The van der Waals surface area contributed by atoms with E-state index in [-0.39, 0.29) is 11.6 Å². The summed E-state index contributed by atoms with van der Waals surface area (Å²) in [6.07, 6.45) is 3.48. The van der Waals surface area contributed by atoms with Crippen LogP contribution >= 0.6 is 0 Å². The minimum absolute atomic E-state index is 0.246. The molecule has 2 rings (SSSR count). The van der Waals surface area contributed by atoms with Gasteiger partial charge in [-0.15, -0.1) is 0 Å². The fraction of sp³-hybridized carbons (Fsp3) is 0.182. The van der Waals surface area contributed by atoms with Crippen LogP contribution in [-0.2, 0) is 0 Å². The van der Waals surface area contributed by atoms with Crippen LogP contribution in [0.2, 0.25) is 0 Å². The van der Waals surface area contributed by atoms with E-state index in [0.717, 1.165) is 11.4 Å². The zero-order chi connectivity index (χ0) is 10.8. The van der Waals surface area contributed by atoms with Crippen LogP contribution in [0.5, 0.6) is 5.75 Å². The summed E-state index contributed by atoms with van der Waals surface area (Å²) in [6.45, 7) is 1.89. The minimum atomic E-state index is -0.374. The van der Waals surface area contributed by atoms with E-state index in [1.165, 1.54) is 13.2 Å². The first-order valence-electron chi connectivity index (χ1n) is 4.55. The van der Waals surface area contributed by atoms with Crippen LogP contribution in [0.25, 0.3) is 5.69 Å². The highest BCUT2D eigenvalue weighted by Crippen LogP contribution is 2.20. The van der Waals surface area contributed by atoms with Gasteiger partial charge in [-0.05, 0) is 19.1 Å². The average Bonchev–Trinajstić information content (AvgIpc) is 2.65. The maximum Gasteiger partial charge on any atom is 0.167 e. The molecule has 3 nitrogen and oxygen atoms in total. The van der Waals surface area contributed by atoms with Crippen LogP contribution in [0.15, 0.2) is 30.7 Å². The first kappa shape index (κ1) is 9.71. The molecular formula is C11H11FN2O. The number of methoxy groups -OCH3 is 1. The molecule has 4 heteroatoms. The fourth-order valence-electron chi connectivity index (χ4n) is 1.38. The first-order chi connectivity index (χ1) is 7.20. The molecule has 1 aromatic carbocycles. The normalized spacial score (nSPS) is 10.3. The van der Waals surface area contributed by atoms with E-state index >= 15 is 0 Å². The van der Waals surface area contributed by atoms with Gasteiger partial charge in [0, 0.05) is 18.0 Å². The third kappa shape index (κ3) is 1.83. The fourth-order valence-corrected chi connectivity index (χ4v) is 1.38. The van der Waals surface area contributed by atoms with Gasteiger partial charge in [0.15, 0.2) is 11.6 Å². The van der Waals surface area contributed by atoms with Crippen molar-refractivity contribution < 1.29 is 9.13 Å². The number of hydrogen-bond acceptors (Lipinski definition) is 2. The van der Waals surface area contributed by atoms with Crippen LogP contribution in [0, 0.1) is 12.7 Å². The van der Waals surface area contributed by atoms with Crippen LogP contribution in [0.1, 0.15) is 5.69 Å². The second-order valence-corrected chi connectivity index (χ2v) is 3.24. The summed E-state index contributed by atoms with van der Waals surface area (Å²) in [6, 6.07) is 4.79. The van der Waals surface area contributed by atoms with E-state index in [4.69, 9.17) is 4.74 Å². The van der Waals surface area contributed by atoms with Gasteiger partial charge in [0.2, 0.25) is 0 Å². The Morgan fingerprint density at radius 2 is 2.20 bits per heavy atom. The molecular weight excluding hydrogens is 195 g/mol. The molecule has 0 saturated carbocycles. The van der Waals surface area contributed by atoms with Gasteiger partial charge < -0.3 is 9.30 Å². The Kier molecular flexibility index (Phi) is 2.41. The Bertz CT molecular complexity index is 479.